The Kier molecular flexibility index (Phi) is 4.47. The summed E-state index contributed by atoms with van der Waals surface area (Å²) in [6.07, 6.45) is 3.15. The molecular weight excluding hydrogens is 288 g/mol. The summed E-state index contributed by atoms with van der Waals surface area (Å²) in [5.74, 6) is 1.06. The number of furan rings is 1. The van der Waals surface area contributed by atoms with E-state index in [2.05, 4.69) is 6.92 Å². The molecule has 3 aromatic rings. The van der Waals surface area contributed by atoms with E-state index in [9.17, 15) is 9.90 Å². The van der Waals surface area contributed by atoms with Gasteiger partial charge in [0.2, 0.25) is 0 Å². The smallest absolute Gasteiger partial charge is 0.171 e. The van der Waals surface area contributed by atoms with Crippen LogP contribution in [0.5, 0.6) is 5.75 Å². The largest absolute Gasteiger partial charge is 0.508 e. The minimum absolute atomic E-state index is 0.0618. The molecule has 0 atom stereocenters. The Balaban J connectivity index is 1.95. The number of rotatable bonds is 6. The highest BCUT2D eigenvalue weighted by atomic mass is 16.3. The Morgan fingerprint density at radius 2 is 1.83 bits per heavy atom. The lowest BCUT2D eigenvalue weighted by atomic mass is 9.98. The molecule has 0 aliphatic heterocycles. The van der Waals surface area contributed by atoms with Crippen LogP contribution in [0.2, 0.25) is 0 Å². The third kappa shape index (κ3) is 3.29. The molecule has 0 saturated heterocycles. The van der Waals surface area contributed by atoms with Crippen molar-refractivity contribution in [3.05, 3.63) is 65.4 Å². The molecule has 0 radical (unpaired) electrons. The van der Waals surface area contributed by atoms with Gasteiger partial charge in [-0.1, -0.05) is 43.7 Å². The monoisotopic (exact) mass is 308 g/mol. The maximum absolute atomic E-state index is 12.8. The molecule has 0 unspecified atom stereocenters. The molecule has 0 aliphatic rings. The van der Waals surface area contributed by atoms with Crippen LogP contribution in [-0.2, 0) is 12.8 Å². The van der Waals surface area contributed by atoms with E-state index in [1.807, 2.05) is 24.3 Å². The second kappa shape index (κ2) is 6.69. The molecule has 118 valence electrons. The first-order chi connectivity index (χ1) is 11.2. The molecule has 0 aliphatic carbocycles. The maximum Gasteiger partial charge on any atom is 0.171 e. The number of phenols is 1. The van der Waals surface area contributed by atoms with E-state index in [-0.39, 0.29) is 11.5 Å². The average molecular weight is 308 g/mol. The van der Waals surface area contributed by atoms with Crippen LogP contribution in [0.1, 0.15) is 41.4 Å². The lowest BCUT2D eigenvalue weighted by molar-refractivity contribution is 0.0992. The number of carbonyl (C=O) groups is 1. The Morgan fingerprint density at radius 3 is 2.57 bits per heavy atom. The summed E-state index contributed by atoms with van der Waals surface area (Å²) in [6.45, 7) is 2.13. The van der Waals surface area contributed by atoms with Gasteiger partial charge in [0, 0.05) is 18.2 Å². The predicted octanol–water partition coefficient (Wildman–Crippen LogP) is 4.91. The Hall–Kier alpha value is -2.55. The molecule has 3 nitrogen and oxygen atoms in total. The summed E-state index contributed by atoms with van der Waals surface area (Å²) in [4.78, 5) is 12.8. The van der Waals surface area contributed by atoms with E-state index < -0.39 is 0 Å². The number of ketones is 1. The molecule has 1 N–H and O–H groups in total. The zero-order valence-electron chi connectivity index (χ0n) is 13.2. The number of carbonyl (C=O) groups excluding carboxylic acids is 1. The minimum atomic E-state index is 0.0618. The Bertz CT molecular complexity index is 813. The normalized spacial score (nSPS) is 11.0. The van der Waals surface area contributed by atoms with Gasteiger partial charge in [0.15, 0.2) is 5.78 Å². The van der Waals surface area contributed by atoms with Gasteiger partial charge in [-0.3, -0.25) is 4.79 Å². The number of hydrogen-bond acceptors (Lipinski definition) is 3. The van der Waals surface area contributed by atoms with Crippen LogP contribution in [0, 0.1) is 0 Å². The van der Waals surface area contributed by atoms with Crippen LogP contribution in [0.25, 0.3) is 11.0 Å². The number of aromatic hydroxyl groups is 1. The second-order valence-electron chi connectivity index (χ2n) is 5.77. The maximum atomic E-state index is 12.8. The van der Waals surface area contributed by atoms with Crippen molar-refractivity contribution >= 4 is 16.8 Å². The van der Waals surface area contributed by atoms with Gasteiger partial charge in [-0.15, -0.1) is 0 Å². The first kappa shape index (κ1) is 15.3. The predicted molar refractivity (Wildman–Crippen MR) is 91.0 cm³/mol. The van der Waals surface area contributed by atoms with Crippen LogP contribution in [-0.4, -0.2) is 10.9 Å². The van der Waals surface area contributed by atoms with Crippen molar-refractivity contribution in [3.8, 4) is 5.75 Å². The summed E-state index contributed by atoms with van der Waals surface area (Å²) >= 11 is 0. The van der Waals surface area contributed by atoms with Crippen molar-refractivity contribution in [2.45, 2.75) is 32.6 Å². The van der Waals surface area contributed by atoms with Crippen molar-refractivity contribution in [2.75, 3.05) is 0 Å². The van der Waals surface area contributed by atoms with Gasteiger partial charge >= 0.3 is 0 Å². The van der Waals surface area contributed by atoms with E-state index in [0.29, 0.717) is 12.0 Å². The second-order valence-corrected chi connectivity index (χ2v) is 5.77. The summed E-state index contributed by atoms with van der Waals surface area (Å²) in [7, 11) is 0. The highest BCUT2D eigenvalue weighted by Gasteiger charge is 2.20. The number of hydrogen-bond donors (Lipinski definition) is 1. The molecule has 2 aromatic carbocycles. The molecule has 1 aromatic heterocycles. The van der Waals surface area contributed by atoms with Crippen LogP contribution in [0.4, 0.5) is 0 Å². The highest BCUT2D eigenvalue weighted by Crippen LogP contribution is 2.28. The number of aryl methyl sites for hydroxylation is 1. The Morgan fingerprint density at radius 1 is 1.09 bits per heavy atom. The van der Waals surface area contributed by atoms with Gasteiger partial charge in [-0.25, -0.2) is 0 Å². The molecular formula is C20H20O3. The molecule has 23 heavy (non-hydrogen) atoms. The van der Waals surface area contributed by atoms with Gasteiger partial charge in [0.05, 0.1) is 5.56 Å². The van der Waals surface area contributed by atoms with Crippen LogP contribution >= 0.6 is 0 Å². The Labute approximate surface area is 135 Å². The highest BCUT2D eigenvalue weighted by molar-refractivity contribution is 6.09. The third-order valence-corrected chi connectivity index (χ3v) is 4.01. The van der Waals surface area contributed by atoms with Crippen LogP contribution in [0.3, 0.4) is 0 Å². The molecule has 0 amide bonds. The van der Waals surface area contributed by atoms with E-state index in [4.69, 9.17) is 4.42 Å². The SMILES string of the molecule is CCCCc1oc2ccccc2c1C(=O)Cc1ccc(O)cc1. The fourth-order valence-corrected chi connectivity index (χ4v) is 2.80. The summed E-state index contributed by atoms with van der Waals surface area (Å²) in [5.41, 5.74) is 2.37. The van der Waals surface area contributed by atoms with Gasteiger partial charge in [-0.05, 0) is 30.2 Å². The number of Topliss-reactive ketones (excluding diaryl/α,β-unsaturated/α-hetero) is 1. The quantitative estimate of drug-likeness (QED) is 0.658. The average Bonchev–Trinajstić information content (AvgIpc) is 2.93. The lowest BCUT2D eigenvalue weighted by Crippen LogP contribution is -2.05. The van der Waals surface area contributed by atoms with E-state index in [1.165, 1.54) is 0 Å². The fourth-order valence-electron chi connectivity index (χ4n) is 2.80. The molecule has 0 fully saturated rings. The fraction of sp³-hybridized carbons (Fsp3) is 0.250. The van der Waals surface area contributed by atoms with Crippen LogP contribution < -0.4 is 0 Å². The van der Waals surface area contributed by atoms with Crippen molar-refractivity contribution in [1.29, 1.82) is 0 Å². The summed E-state index contributed by atoms with van der Waals surface area (Å²) in [6, 6.07) is 14.5. The molecule has 0 bridgehead atoms. The summed E-state index contributed by atoms with van der Waals surface area (Å²) in [5, 5.41) is 10.2. The van der Waals surface area contributed by atoms with Gasteiger partial charge in [-0.2, -0.15) is 0 Å². The van der Waals surface area contributed by atoms with E-state index >= 15 is 0 Å². The van der Waals surface area contributed by atoms with Crippen molar-refractivity contribution in [2.24, 2.45) is 0 Å². The zero-order valence-corrected chi connectivity index (χ0v) is 13.2. The van der Waals surface area contributed by atoms with Crippen molar-refractivity contribution in [3.63, 3.8) is 0 Å². The first-order valence-electron chi connectivity index (χ1n) is 8.00. The standard InChI is InChI=1S/C20H20O3/c1-2-3-7-19-20(16-6-4-5-8-18(16)23-19)17(22)13-14-9-11-15(21)12-10-14/h4-6,8-12,21H,2-3,7,13H2,1H3. The number of para-hydroxylation sites is 1. The first-order valence-corrected chi connectivity index (χ1v) is 8.00. The molecule has 0 saturated carbocycles. The molecule has 3 rings (SSSR count). The number of phenolic OH excluding ortho intramolecular Hbond substituents is 1. The number of unbranched alkanes of at least 4 members (excludes halogenated alkanes) is 1. The number of benzene rings is 2. The summed E-state index contributed by atoms with van der Waals surface area (Å²) < 4.78 is 5.92. The zero-order chi connectivity index (χ0) is 16.2. The van der Waals surface area contributed by atoms with E-state index in [1.54, 1.807) is 24.3 Å². The van der Waals surface area contributed by atoms with Gasteiger partial charge in [0.1, 0.15) is 17.1 Å². The minimum Gasteiger partial charge on any atom is -0.508 e. The van der Waals surface area contributed by atoms with Crippen LogP contribution in [0.15, 0.2) is 52.9 Å². The van der Waals surface area contributed by atoms with Crippen molar-refractivity contribution in [1.82, 2.24) is 0 Å². The molecule has 3 heteroatoms. The van der Waals surface area contributed by atoms with Gasteiger partial charge < -0.3 is 9.52 Å². The topological polar surface area (TPSA) is 50.4 Å². The lowest BCUT2D eigenvalue weighted by Gasteiger charge is -2.03. The molecule has 0 spiro atoms. The van der Waals surface area contributed by atoms with E-state index in [0.717, 1.165) is 41.6 Å². The number of fused-ring (bicyclic) bond motifs is 1. The van der Waals surface area contributed by atoms with Crippen molar-refractivity contribution < 1.29 is 14.3 Å². The molecule has 1 heterocycles. The third-order valence-electron chi connectivity index (χ3n) is 4.01. The van der Waals surface area contributed by atoms with Gasteiger partial charge in [0.25, 0.3) is 0 Å².